The van der Waals surface area contributed by atoms with Crippen LogP contribution in [0.5, 0.6) is 5.75 Å². The number of hydrogen-bond acceptors (Lipinski definition) is 3. The standard InChI is InChI=1S/C24H32N2O3/c1-5-6-15-25-24(28)20(4)26(16-21-13-11-18(2)12-14-21)23(27)17-29-22-10-8-7-9-19(22)3/h7-14,20H,5-6,15-17H2,1-4H3,(H,25,28)/t20-/m0/s1. The fourth-order valence-electron chi connectivity index (χ4n) is 2.95. The number of unbranched alkanes of at least 4 members (excludes halogenated alkanes) is 1. The predicted molar refractivity (Wildman–Crippen MR) is 116 cm³/mol. The van der Waals surface area contributed by atoms with Crippen molar-refractivity contribution in [2.45, 2.75) is 53.1 Å². The zero-order valence-electron chi connectivity index (χ0n) is 17.9. The summed E-state index contributed by atoms with van der Waals surface area (Å²) in [5.74, 6) is 0.318. The molecule has 0 radical (unpaired) electrons. The lowest BCUT2D eigenvalue weighted by Gasteiger charge is -2.29. The smallest absolute Gasteiger partial charge is 0.261 e. The lowest BCUT2D eigenvalue weighted by atomic mass is 10.1. The molecule has 0 aromatic heterocycles. The SMILES string of the molecule is CCCCNC(=O)[C@H](C)N(Cc1ccc(C)cc1)C(=O)COc1ccccc1C. The number of hydrogen-bond donors (Lipinski definition) is 1. The van der Waals surface area contributed by atoms with Gasteiger partial charge in [-0.05, 0) is 44.4 Å². The highest BCUT2D eigenvalue weighted by atomic mass is 16.5. The van der Waals surface area contributed by atoms with Gasteiger partial charge in [-0.25, -0.2) is 0 Å². The molecule has 156 valence electrons. The molecule has 0 fully saturated rings. The van der Waals surface area contributed by atoms with E-state index in [0.29, 0.717) is 18.8 Å². The number of amides is 2. The van der Waals surface area contributed by atoms with E-state index in [-0.39, 0.29) is 18.4 Å². The Balaban J connectivity index is 2.11. The number of carbonyl (C=O) groups excluding carboxylic acids is 2. The van der Waals surface area contributed by atoms with Crippen LogP contribution >= 0.6 is 0 Å². The van der Waals surface area contributed by atoms with Gasteiger partial charge in [0.05, 0.1) is 0 Å². The number of benzene rings is 2. The van der Waals surface area contributed by atoms with E-state index in [1.165, 1.54) is 0 Å². The van der Waals surface area contributed by atoms with Crippen molar-refractivity contribution in [1.82, 2.24) is 10.2 Å². The molecule has 0 saturated heterocycles. The summed E-state index contributed by atoms with van der Waals surface area (Å²) in [4.78, 5) is 27.2. The molecule has 2 aromatic carbocycles. The molecule has 1 atom stereocenters. The van der Waals surface area contributed by atoms with Crippen molar-refractivity contribution in [2.24, 2.45) is 0 Å². The van der Waals surface area contributed by atoms with Crippen LogP contribution in [0.4, 0.5) is 0 Å². The summed E-state index contributed by atoms with van der Waals surface area (Å²) in [6, 6.07) is 15.0. The Labute approximate surface area is 174 Å². The molecule has 0 aliphatic rings. The molecule has 0 bridgehead atoms. The summed E-state index contributed by atoms with van der Waals surface area (Å²) < 4.78 is 5.74. The van der Waals surface area contributed by atoms with Crippen LogP contribution in [0.25, 0.3) is 0 Å². The first-order chi connectivity index (χ1) is 13.9. The zero-order chi connectivity index (χ0) is 21.2. The fourth-order valence-corrected chi connectivity index (χ4v) is 2.95. The molecular formula is C24H32N2O3. The molecule has 0 aliphatic heterocycles. The van der Waals surface area contributed by atoms with Gasteiger partial charge in [-0.15, -0.1) is 0 Å². The first-order valence-corrected chi connectivity index (χ1v) is 10.2. The molecule has 0 saturated carbocycles. The van der Waals surface area contributed by atoms with Crippen LogP contribution in [-0.2, 0) is 16.1 Å². The second-order valence-corrected chi connectivity index (χ2v) is 7.38. The number of carbonyl (C=O) groups is 2. The number of aryl methyl sites for hydroxylation is 2. The van der Waals surface area contributed by atoms with Crippen LogP contribution in [0.15, 0.2) is 48.5 Å². The second kappa shape index (κ2) is 11.2. The van der Waals surface area contributed by atoms with Gasteiger partial charge in [0.1, 0.15) is 11.8 Å². The molecule has 2 aromatic rings. The molecule has 5 heteroatoms. The Morgan fingerprint density at radius 3 is 2.41 bits per heavy atom. The molecule has 2 amide bonds. The predicted octanol–water partition coefficient (Wildman–Crippen LogP) is 4.02. The minimum atomic E-state index is -0.582. The van der Waals surface area contributed by atoms with E-state index < -0.39 is 6.04 Å². The summed E-state index contributed by atoms with van der Waals surface area (Å²) in [5.41, 5.74) is 3.10. The molecule has 0 heterocycles. The quantitative estimate of drug-likeness (QED) is 0.617. The van der Waals surface area contributed by atoms with Gasteiger partial charge in [-0.1, -0.05) is 61.4 Å². The summed E-state index contributed by atoms with van der Waals surface area (Å²) >= 11 is 0. The van der Waals surface area contributed by atoms with Crippen molar-refractivity contribution in [3.8, 4) is 5.75 Å². The highest BCUT2D eigenvalue weighted by molar-refractivity contribution is 5.87. The third kappa shape index (κ3) is 6.93. The molecule has 0 spiro atoms. The molecule has 5 nitrogen and oxygen atoms in total. The lowest BCUT2D eigenvalue weighted by molar-refractivity contribution is -0.142. The maximum atomic E-state index is 13.0. The zero-order valence-corrected chi connectivity index (χ0v) is 17.9. The Bertz CT molecular complexity index is 802. The van der Waals surface area contributed by atoms with Crippen molar-refractivity contribution in [2.75, 3.05) is 13.2 Å². The van der Waals surface area contributed by atoms with Crippen LogP contribution in [0.1, 0.15) is 43.4 Å². The Hall–Kier alpha value is -2.82. The maximum Gasteiger partial charge on any atom is 0.261 e. The van der Waals surface area contributed by atoms with Gasteiger partial charge in [-0.2, -0.15) is 0 Å². The average molecular weight is 397 g/mol. The van der Waals surface area contributed by atoms with E-state index in [1.54, 1.807) is 11.8 Å². The van der Waals surface area contributed by atoms with Crippen LogP contribution in [0.2, 0.25) is 0 Å². The topological polar surface area (TPSA) is 58.6 Å². The first-order valence-electron chi connectivity index (χ1n) is 10.2. The molecule has 29 heavy (non-hydrogen) atoms. The maximum absolute atomic E-state index is 13.0. The molecular weight excluding hydrogens is 364 g/mol. The number of nitrogens with zero attached hydrogens (tertiary/aromatic N) is 1. The third-order valence-electron chi connectivity index (χ3n) is 4.92. The van der Waals surface area contributed by atoms with E-state index in [9.17, 15) is 9.59 Å². The van der Waals surface area contributed by atoms with E-state index in [2.05, 4.69) is 12.2 Å². The number of para-hydroxylation sites is 1. The summed E-state index contributed by atoms with van der Waals surface area (Å²) in [7, 11) is 0. The van der Waals surface area contributed by atoms with Crippen LogP contribution in [-0.4, -0.2) is 35.9 Å². The summed E-state index contributed by atoms with van der Waals surface area (Å²) in [6.07, 6.45) is 1.92. The highest BCUT2D eigenvalue weighted by Crippen LogP contribution is 2.17. The van der Waals surface area contributed by atoms with Gasteiger partial charge < -0.3 is 15.0 Å². The number of nitrogens with one attached hydrogen (secondary N) is 1. The molecule has 0 unspecified atom stereocenters. The van der Waals surface area contributed by atoms with E-state index >= 15 is 0 Å². The van der Waals surface area contributed by atoms with Crippen molar-refractivity contribution in [3.63, 3.8) is 0 Å². The molecule has 1 N–H and O–H groups in total. The Morgan fingerprint density at radius 1 is 1.07 bits per heavy atom. The molecule has 0 aliphatic carbocycles. The Kier molecular flexibility index (Phi) is 8.71. The van der Waals surface area contributed by atoms with Gasteiger partial charge in [0.25, 0.3) is 5.91 Å². The van der Waals surface area contributed by atoms with Gasteiger partial charge in [0, 0.05) is 13.1 Å². The van der Waals surface area contributed by atoms with Gasteiger partial charge in [0.15, 0.2) is 6.61 Å². The monoisotopic (exact) mass is 396 g/mol. The van der Waals surface area contributed by atoms with Crippen molar-refractivity contribution in [1.29, 1.82) is 0 Å². The van der Waals surface area contributed by atoms with Gasteiger partial charge in [-0.3, -0.25) is 9.59 Å². The van der Waals surface area contributed by atoms with Gasteiger partial charge in [0.2, 0.25) is 5.91 Å². The van der Waals surface area contributed by atoms with Crippen LogP contribution in [0.3, 0.4) is 0 Å². The van der Waals surface area contributed by atoms with E-state index in [0.717, 1.165) is 29.5 Å². The minimum Gasteiger partial charge on any atom is -0.484 e. The minimum absolute atomic E-state index is 0.108. The van der Waals surface area contributed by atoms with Crippen LogP contribution < -0.4 is 10.1 Å². The highest BCUT2D eigenvalue weighted by Gasteiger charge is 2.26. The first kappa shape index (κ1) is 22.5. The summed E-state index contributed by atoms with van der Waals surface area (Å²) in [6.45, 7) is 8.67. The van der Waals surface area contributed by atoms with E-state index in [4.69, 9.17) is 4.74 Å². The average Bonchev–Trinajstić information content (AvgIpc) is 2.72. The fraction of sp³-hybridized carbons (Fsp3) is 0.417. The van der Waals surface area contributed by atoms with Crippen molar-refractivity contribution in [3.05, 3.63) is 65.2 Å². The third-order valence-corrected chi connectivity index (χ3v) is 4.92. The van der Waals surface area contributed by atoms with Crippen molar-refractivity contribution < 1.29 is 14.3 Å². The normalized spacial score (nSPS) is 11.6. The number of rotatable bonds is 10. The second-order valence-electron chi connectivity index (χ2n) is 7.38. The van der Waals surface area contributed by atoms with E-state index in [1.807, 2.05) is 62.4 Å². The lowest BCUT2D eigenvalue weighted by Crippen LogP contribution is -2.49. The molecule has 2 rings (SSSR count). The Morgan fingerprint density at radius 2 is 1.76 bits per heavy atom. The largest absolute Gasteiger partial charge is 0.484 e. The van der Waals surface area contributed by atoms with Gasteiger partial charge >= 0.3 is 0 Å². The van der Waals surface area contributed by atoms with Crippen molar-refractivity contribution >= 4 is 11.8 Å². The summed E-state index contributed by atoms with van der Waals surface area (Å²) in [5, 5.41) is 2.92. The number of ether oxygens (including phenoxy) is 1. The van der Waals surface area contributed by atoms with Crippen LogP contribution in [0, 0.1) is 13.8 Å².